The number of rotatable bonds is 4. The number of amides is 3. The molecule has 0 saturated carbocycles. The fourth-order valence-electron chi connectivity index (χ4n) is 4.95. The highest BCUT2D eigenvalue weighted by Gasteiger charge is 2.59. The summed E-state index contributed by atoms with van der Waals surface area (Å²) in [7, 11) is 1.81. The molecule has 1 saturated heterocycles. The summed E-state index contributed by atoms with van der Waals surface area (Å²) < 4.78 is 1.67. The highest BCUT2D eigenvalue weighted by molar-refractivity contribution is 6.08. The maximum absolute atomic E-state index is 13.3. The summed E-state index contributed by atoms with van der Waals surface area (Å²) in [5.74, 6) is -0.664. The molecule has 0 bridgehead atoms. The minimum atomic E-state index is -0.890. The van der Waals surface area contributed by atoms with Gasteiger partial charge in [0, 0.05) is 36.6 Å². The van der Waals surface area contributed by atoms with E-state index >= 15 is 0 Å². The summed E-state index contributed by atoms with van der Waals surface area (Å²) in [6.45, 7) is 0.255. The van der Waals surface area contributed by atoms with E-state index in [9.17, 15) is 14.4 Å². The van der Waals surface area contributed by atoms with Gasteiger partial charge in [-0.05, 0) is 30.2 Å². The number of benzene rings is 2. The standard InChI is InChI=1S/C24H23N5O3/c1-28-15-17(13-26-28)21-24(18-9-5-6-10-19(18)27-23(24)32)11-12-29(21)20(30)14-25-22(31)16-7-3-2-4-8-16/h2-10,13,15,21H,11-12,14H2,1H3,(H,25,31)(H,27,32). The zero-order chi connectivity index (χ0) is 22.3. The van der Waals surface area contributed by atoms with E-state index in [-0.39, 0.29) is 24.3 Å². The molecule has 2 N–H and O–H groups in total. The Kier molecular flexibility index (Phi) is 4.77. The second-order valence-electron chi connectivity index (χ2n) is 8.21. The maximum atomic E-state index is 13.3. The molecule has 0 radical (unpaired) electrons. The number of likely N-dealkylation sites (tertiary alicyclic amines) is 1. The summed E-state index contributed by atoms with van der Waals surface area (Å²) in [4.78, 5) is 40.7. The number of hydrogen-bond acceptors (Lipinski definition) is 4. The molecule has 0 aliphatic carbocycles. The van der Waals surface area contributed by atoms with Crippen LogP contribution in [0.25, 0.3) is 0 Å². The predicted molar refractivity (Wildman–Crippen MR) is 118 cm³/mol. The van der Waals surface area contributed by atoms with Gasteiger partial charge in [0.05, 0.1) is 18.8 Å². The zero-order valence-corrected chi connectivity index (χ0v) is 17.6. The van der Waals surface area contributed by atoms with Gasteiger partial charge in [-0.15, -0.1) is 0 Å². The maximum Gasteiger partial charge on any atom is 0.251 e. The minimum absolute atomic E-state index is 0.115. The van der Waals surface area contributed by atoms with Gasteiger partial charge in [-0.3, -0.25) is 19.1 Å². The lowest BCUT2D eigenvalue weighted by Gasteiger charge is -2.33. The first-order chi connectivity index (χ1) is 15.5. The van der Waals surface area contributed by atoms with E-state index < -0.39 is 11.5 Å². The number of fused-ring (bicyclic) bond motifs is 2. The van der Waals surface area contributed by atoms with E-state index in [1.165, 1.54) is 0 Å². The molecule has 1 aromatic heterocycles. The van der Waals surface area contributed by atoms with E-state index in [1.54, 1.807) is 47.1 Å². The van der Waals surface area contributed by atoms with Crippen LogP contribution < -0.4 is 10.6 Å². The topological polar surface area (TPSA) is 96.3 Å². The van der Waals surface area contributed by atoms with E-state index in [4.69, 9.17) is 0 Å². The lowest BCUT2D eigenvalue weighted by atomic mass is 9.73. The van der Waals surface area contributed by atoms with E-state index in [0.29, 0.717) is 18.5 Å². The van der Waals surface area contributed by atoms with Gasteiger partial charge in [-0.25, -0.2) is 0 Å². The molecule has 5 rings (SSSR count). The van der Waals surface area contributed by atoms with Crippen molar-refractivity contribution in [1.82, 2.24) is 20.0 Å². The van der Waals surface area contributed by atoms with Crippen LogP contribution >= 0.6 is 0 Å². The van der Waals surface area contributed by atoms with Crippen molar-refractivity contribution in [2.24, 2.45) is 7.05 Å². The molecule has 3 amide bonds. The lowest BCUT2D eigenvalue weighted by Crippen LogP contribution is -2.45. The molecule has 32 heavy (non-hydrogen) atoms. The summed E-state index contributed by atoms with van der Waals surface area (Å²) >= 11 is 0. The van der Waals surface area contributed by atoms with Crippen LogP contribution in [0.15, 0.2) is 67.0 Å². The summed E-state index contributed by atoms with van der Waals surface area (Å²) in [6.07, 6.45) is 4.04. The molecule has 3 aromatic rings. The third-order valence-electron chi connectivity index (χ3n) is 6.38. The Labute approximate surface area is 185 Å². The van der Waals surface area contributed by atoms with Crippen LogP contribution in [0.3, 0.4) is 0 Å². The summed E-state index contributed by atoms with van der Waals surface area (Å²) in [5.41, 5.74) is 2.06. The first-order valence-electron chi connectivity index (χ1n) is 10.5. The number of aromatic nitrogens is 2. The van der Waals surface area contributed by atoms with Crippen molar-refractivity contribution in [3.05, 3.63) is 83.7 Å². The first kappa shape index (κ1) is 20.0. The molecule has 2 unspecified atom stereocenters. The SMILES string of the molecule is Cn1cc(C2N(C(=O)CNC(=O)c3ccccc3)CCC23C(=O)Nc2ccccc23)cn1. The van der Waals surface area contributed by atoms with Crippen molar-refractivity contribution >= 4 is 23.4 Å². The Morgan fingerprint density at radius 2 is 1.91 bits per heavy atom. The third kappa shape index (κ3) is 3.07. The van der Waals surface area contributed by atoms with Crippen LogP contribution in [-0.4, -0.2) is 45.5 Å². The van der Waals surface area contributed by atoms with Crippen LogP contribution in [-0.2, 0) is 22.1 Å². The van der Waals surface area contributed by atoms with E-state index in [0.717, 1.165) is 16.8 Å². The molecule has 1 spiro atoms. The Balaban J connectivity index is 1.46. The molecular formula is C24H23N5O3. The molecular weight excluding hydrogens is 406 g/mol. The normalized spacial score (nSPS) is 21.5. The van der Waals surface area contributed by atoms with E-state index in [1.807, 2.05) is 36.5 Å². The lowest BCUT2D eigenvalue weighted by molar-refractivity contribution is -0.132. The van der Waals surface area contributed by atoms with Crippen LogP contribution in [0, 0.1) is 0 Å². The molecule has 2 aromatic carbocycles. The van der Waals surface area contributed by atoms with Gasteiger partial charge < -0.3 is 15.5 Å². The van der Waals surface area contributed by atoms with Crippen molar-refractivity contribution in [2.45, 2.75) is 17.9 Å². The van der Waals surface area contributed by atoms with Crippen LogP contribution in [0.4, 0.5) is 5.69 Å². The van der Waals surface area contributed by atoms with Gasteiger partial charge in [-0.1, -0.05) is 36.4 Å². The average Bonchev–Trinajstić information content (AvgIpc) is 3.49. The first-order valence-corrected chi connectivity index (χ1v) is 10.5. The van der Waals surface area contributed by atoms with Crippen molar-refractivity contribution < 1.29 is 14.4 Å². The van der Waals surface area contributed by atoms with Crippen molar-refractivity contribution in [2.75, 3.05) is 18.4 Å². The number of aryl methyl sites for hydroxylation is 1. The second kappa shape index (κ2) is 7.64. The number of para-hydroxylation sites is 1. The van der Waals surface area contributed by atoms with Crippen LogP contribution in [0.5, 0.6) is 0 Å². The van der Waals surface area contributed by atoms with Crippen molar-refractivity contribution in [3.63, 3.8) is 0 Å². The highest BCUT2D eigenvalue weighted by atomic mass is 16.2. The number of hydrogen-bond donors (Lipinski definition) is 2. The Morgan fingerprint density at radius 3 is 2.66 bits per heavy atom. The van der Waals surface area contributed by atoms with Crippen molar-refractivity contribution in [1.29, 1.82) is 0 Å². The Bertz CT molecular complexity index is 1210. The molecule has 8 heteroatoms. The number of anilines is 1. The van der Waals surface area contributed by atoms with Gasteiger partial charge in [0.2, 0.25) is 11.8 Å². The number of nitrogens with one attached hydrogen (secondary N) is 2. The minimum Gasteiger partial charge on any atom is -0.343 e. The molecule has 8 nitrogen and oxygen atoms in total. The Morgan fingerprint density at radius 1 is 1.16 bits per heavy atom. The average molecular weight is 429 g/mol. The van der Waals surface area contributed by atoms with Crippen LogP contribution in [0.2, 0.25) is 0 Å². The van der Waals surface area contributed by atoms with Gasteiger partial charge in [0.25, 0.3) is 5.91 Å². The van der Waals surface area contributed by atoms with Gasteiger partial charge >= 0.3 is 0 Å². The van der Waals surface area contributed by atoms with Gasteiger partial charge in [0.1, 0.15) is 5.41 Å². The second-order valence-corrected chi connectivity index (χ2v) is 8.21. The summed E-state index contributed by atoms with van der Waals surface area (Å²) in [6, 6.07) is 15.9. The fourth-order valence-corrected chi connectivity index (χ4v) is 4.95. The third-order valence-corrected chi connectivity index (χ3v) is 6.38. The van der Waals surface area contributed by atoms with E-state index in [2.05, 4.69) is 15.7 Å². The number of carbonyl (C=O) groups excluding carboxylic acids is 3. The highest BCUT2D eigenvalue weighted by Crippen LogP contribution is 2.54. The largest absolute Gasteiger partial charge is 0.343 e. The molecule has 162 valence electrons. The zero-order valence-electron chi connectivity index (χ0n) is 17.6. The smallest absolute Gasteiger partial charge is 0.251 e. The van der Waals surface area contributed by atoms with Crippen molar-refractivity contribution in [3.8, 4) is 0 Å². The Hall–Kier alpha value is -3.94. The molecule has 2 atom stereocenters. The molecule has 1 fully saturated rings. The monoisotopic (exact) mass is 429 g/mol. The van der Waals surface area contributed by atoms with Gasteiger partial charge in [0.15, 0.2) is 0 Å². The fraction of sp³-hybridized carbons (Fsp3) is 0.250. The molecule has 2 aliphatic rings. The number of carbonyl (C=O) groups is 3. The quantitative estimate of drug-likeness (QED) is 0.663. The molecule has 2 aliphatic heterocycles. The predicted octanol–water partition coefficient (Wildman–Crippen LogP) is 2.01. The number of nitrogens with zero attached hydrogens (tertiary/aromatic N) is 3. The molecule has 3 heterocycles. The van der Waals surface area contributed by atoms with Crippen LogP contribution in [0.1, 0.15) is 33.9 Å². The van der Waals surface area contributed by atoms with Gasteiger partial charge in [-0.2, -0.15) is 5.10 Å². The summed E-state index contributed by atoms with van der Waals surface area (Å²) in [5, 5.41) is 9.99.